The summed E-state index contributed by atoms with van der Waals surface area (Å²) >= 11 is 3.39. The number of methoxy groups -OCH3 is 1. The number of nitrogens with one attached hydrogen (secondary N) is 1. The highest BCUT2D eigenvalue weighted by molar-refractivity contribution is 9.10. The van der Waals surface area contributed by atoms with E-state index < -0.39 is 6.10 Å². The Balaban J connectivity index is 2.87. The number of benzene rings is 1. The number of ether oxygens (including phenoxy) is 1. The maximum Gasteiger partial charge on any atom is 0.142 e. The Morgan fingerprint density at radius 1 is 1.40 bits per heavy atom. The van der Waals surface area contributed by atoms with E-state index in [1.165, 1.54) is 0 Å². The van der Waals surface area contributed by atoms with Crippen LogP contribution in [0.4, 0.5) is 5.69 Å². The molecule has 0 fully saturated rings. The summed E-state index contributed by atoms with van der Waals surface area (Å²) in [4.78, 5) is 0. The van der Waals surface area contributed by atoms with Gasteiger partial charge in [0.15, 0.2) is 0 Å². The molecule has 1 aromatic rings. The van der Waals surface area contributed by atoms with E-state index in [-0.39, 0.29) is 6.04 Å². The molecule has 0 aliphatic heterocycles. The second-order valence-electron chi connectivity index (χ2n) is 3.52. The molecule has 3 nitrogen and oxygen atoms in total. The van der Waals surface area contributed by atoms with Gasteiger partial charge >= 0.3 is 0 Å². The predicted molar refractivity (Wildman–Crippen MR) is 65.5 cm³/mol. The Kier molecular flexibility index (Phi) is 4.42. The number of aliphatic hydroxyl groups excluding tert-OH is 1. The van der Waals surface area contributed by atoms with Crippen LogP contribution in [0.5, 0.6) is 5.75 Å². The van der Waals surface area contributed by atoms with Crippen molar-refractivity contribution in [1.29, 1.82) is 0 Å². The summed E-state index contributed by atoms with van der Waals surface area (Å²) in [7, 11) is 1.63. The number of halogens is 1. The molecule has 0 aliphatic carbocycles. The van der Waals surface area contributed by atoms with Crippen molar-refractivity contribution < 1.29 is 9.84 Å². The SMILES string of the molecule is COc1ccc(Br)cc1NC(C)C(C)O. The summed E-state index contributed by atoms with van der Waals surface area (Å²) in [5.41, 5.74) is 0.875. The van der Waals surface area contributed by atoms with Crippen molar-refractivity contribution in [3.8, 4) is 5.75 Å². The van der Waals surface area contributed by atoms with Crippen molar-refractivity contribution in [3.63, 3.8) is 0 Å². The molecule has 0 bridgehead atoms. The first-order chi connectivity index (χ1) is 7.04. The lowest BCUT2D eigenvalue weighted by atomic mass is 10.2. The maximum absolute atomic E-state index is 9.40. The van der Waals surface area contributed by atoms with Crippen LogP contribution in [0.15, 0.2) is 22.7 Å². The molecular weight excluding hydrogens is 258 g/mol. The minimum Gasteiger partial charge on any atom is -0.495 e. The van der Waals surface area contributed by atoms with Crippen LogP contribution in [0.25, 0.3) is 0 Å². The molecule has 0 aliphatic rings. The fourth-order valence-corrected chi connectivity index (χ4v) is 1.52. The zero-order valence-corrected chi connectivity index (χ0v) is 10.7. The maximum atomic E-state index is 9.40. The number of hydrogen-bond acceptors (Lipinski definition) is 3. The van der Waals surface area contributed by atoms with Gasteiger partial charge in [-0.15, -0.1) is 0 Å². The first-order valence-corrected chi connectivity index (χ1v) is 5.62. The lowest BCUT2D eigenvalue weighted by molar-refractivity contribution is 0.177. The average molecular weight is 274 g/mol. The van der Waals surface area contributed by atoms with Crippen LogP contribution in [-0.4, -0.2) is 24.4 Å². The highest BCUT2D eigenvalue weighted by Gasteiger charge is 2.11. The van der Waals surface area contributed by atoms with Gasteiger partial charge in [-0.25, -0.2) is 0 Å². The molecule has 15 heavy (non-hydrogen) atoms. The third kappa shape index (κ3) is 3.39. The molecule has 0 saturated carbocycles. The van der Waals surface area contributed by atoms with Crippen LogP contribution in [0.2, 0.25) is 0 Å². The Morgan fingerprint density at radius 3 is 2.60 bits per heavy atom. The second-order valence-corrected chi connectivity index (χ2v) is 4.43. The summed E-state index contributed by atoms with van der Waals surface area (Å²) < 4.78 is 6.19. The van der Waals surface area contributed by atoms with E-state index in [0.29, 0.717) is 0 Å². The minimum absolute atomic E-state index is 0.0202. The van der Waals surface area contributed by atoms with Crippen molar-refractivity contribution >= 4 is 21.6 Å². The Bertz CT molecular complexity index is 328. The Hall–Kier alpha value is -0.740. The zero-order chi connectivity index (χ0) is 11.4. The largest absolute Gasteiger partial charge is 0.495 e. The smallest absolute Gasteiger partial charge is 0.142 e. The van der Waals surface area contributed by atoms with Gasteiger partial charge in [-0.3, -0.25) is 0 Å². The van der Waals surface area contributed by atoms with Crippen molar-refractivity contribution in [2.45, 2.75) is 26.0 Å². The molecule has 1 aromatic carbocycles. The molecule has 0 saturated heterocycles. The van der Waals surface area contributed by atoms with Gasteiger partial charge in [0.2, 0.25) is 0 Å². The van der Waals surface area contributed by atoms with E-state index in [2.05, 4.69) is 21.2 Å². The standard InChI is InChI=1S/C11H16BrNO2/c1-7(8(2)14)13-10-6-9(12)4-5-11(10)15-3/h4-8,13-14H,1-3H3. The van der Waals surface area contributed by atoms with Crippen molar-refractivity contribution in [2.24, 2.45) is 0 Å². The third-order valence-corrected chi connectivity index (χ3v) is 2.76. The second kappa shape index (κ2) is 5.37. The van der Waals surface area contributed by atoms with E-state index in [9.17, 15) is 5.11 Å². The summed E-state index contributed by atoms with van der Waals surface area (Å²) in [6, 6.07) is 5.70. The van der Waals surface area contributed by atoms with Crippen LogP contribution in [0.1, 0.15) is 13.8 Å². The van der Waals surface area contributed by atoms with Gasteiger partial charge in [0.1, 0.15) is 5.75 Å². The molecule has 0 heterocycles. The molecule has 2 atom stereocenters. The molecule has 0 radical (unpaired) electrons. The lowest BCUT2D eigenvalue weighted by Crippen LogP contribution is -2.27. The molecule has 1 rings (SSSR count). The number of anilines is 1. The fourth-order valence-electron chi connectivity index (χ4n) is 1.16. The molecule has 84 valence electrons. The van der Waals surface area contributed by atoms with Gasteiger partial charge in [0.25, 0.3) is 0 Å². The summed E-state index contributed by atoms with van der Waals surface area (Å²) in [6.07, 6.45) is -0.409. The van der Waals surface area contributed by atoms with Crippen LogP contribution in [0.3, 0.4) is 0 Å². The molecule has 2 N–H and O–H groups in total. The molecule has 4 heteroatoms. The van der Waals surface area contributed by atoms with Crippen molar-refractivity contribution in [3.05, 3.63) is 22.7 Å². The van der Waals surface area contributed by atoms with Gasteiger partial charge in [-0.2, -0.15) is 0 Å². The fraction of sp³-hybridized carbons (Fsp3) is 0.455. The average Bonchev–Trinajstić information content (AvgIpc) is 2.18. The number of aliphatic hydroxyl groups is 1. The summed E-state index contributed by atoms with van der Waals surface area (Å²) in [5, 5.41) is 12.6. The number of rotatable bonds is 4. The van der Waals surface area contributed by atoms with Gasteiger partial charge in [-0.05, 0) is 32.0 Å². The molecule has 0 spiro atoms. The highest BCUT2D eigenvalue weighted by atomic mass is 79.9. The van der Waals surface area contributed by atoms with Crippen molar-refractivity contribution in [1.82, 2.24) is 0 Å². The zero-order valence-electron chi connectivity index (χ0n) is 9.12. The molecule has 0 amide bonds. The molecule has 2 unspecified atom stereocenters. The topological polar surface area (TPSA) is 41.5 Å². The quantitative estimate of drug-likeness (QED) is 0.886. The normalized spacial score (nSPS) is 14.5. The van der Waals surface area contributed by atoms with Crippen LogP contribution >= 0.6 is 15.9 Å². The van der Waals surface area contributed by atoms with Gasteiger partial charge in [0.05, 0.1) is 18.9 Å². The first-order valence-electron chi connectivity index (χ1n) is 4.82. The summed E-state index contributed by atoms with van der Waals surface area (Å²) in [5.74, 6) is 0.769. The number of hydrogen-bond donors (Lipinski definition) is 2. The lowest BCUT2D eigenvalue weighted by Gasteiger charge is -2.19. The minimum atomic E-state index is -0.409. The third-order valence-electron chi connectivity index (χ3n) is 2.27. The van der Waals surface area contributed by atoms with Crippen LogP contribution in [-0.2, 0) is 0 Å². The van der Waals surface area contributed by atoms with E-state index >= 15 is 0 Å². The van der Waals surface area contributed by atoms with E-state index in [1.807, 2.05) is 25.1 Å². The van der Waals surface area contributed by atoms with E-state index in [4.69, 9.17) is 4.74 Å². The Labute approximate surface area is 98.6 Å². The van der Waals surface area contributed by atoms with E-state index in [0.717, 1.165) is 15.9 Å². The summed E-state index contributed by atoms with van der Waals surface area (Å²) in [6.45, 7) is 3.67. The molecular formula is C11H16BrNO2. The van der Waals surface area contributed by atoms with E-state index in [1.54, 1.807) is 14.0 Å². The highest BCUT2D eigenvalue weighted by Crippen LogP contribution is 2.28. The van der Waals surface area contributed by atoms with Gasteiger partial charge in [-0.1, -0.05) is 15.9 Å². The van der Waals surface area contributed by atoms with Crippen LogP contribution < -0.4 is 10.1 Å². The Morgan fingerprint density at radius 2 is 2.07 bits per heavy atom. The van der Waals surface area contributed by atoms with Gasteiger partial charge < -0.3 is 15.2 Å². The van der Waals surface area contributed by atoms with Crippen LogP contribution in [0, 0.1) is 0 Å². The molecule has 0 aromatic heterocycles. The van der Waals surface area contributed by atoms with Gasteiger partial charge in [0, 0.05) is 10.5 Å². The first kappa shape index (κ1) is 12.3. The monoisotopic (exact) mass is 273 g/mol. The predicted octanol–water partition coefficient (Wildman–Crippen LogP) is 2.64. The van der Waals surface area contributed by atoms with Crippen molar-refractivity contribution in [2.75, 3.05) is 12.4 Å².